The Labute approximate surface area is 35.8 Å². The fourth-order valence-electron chi connectivity index (χ4n) is 0.230. The van der Waals surface area contributed by atoms with E-state index in [1.807, 2.05) is 6.92 Å². The maximum atomic E-state index is 4.34. The summed E-state index contributed by atoms with van der Waals surface area (Å²) in [6, 6.07) is 0. The van der Waals surface area contributed by atoms with Crippen LogP contribution in [0, 0.1) is 13.2 Å². The molecule has 1 aromatic heterocycles. The Morgan fingerprint density at radius 2 is 2.83 bits per heavy atom. The van der Waals surface area contributed by atoms with E-state index in [-0.39, 0.29) is 0 Å². The Bertz CT molecular complexity index is 111. The molecule has 1 aromatic rings. The predicted octanol–water partition coefficient (Wildman–Crippen LogP) is 0.783. The average molecular weight is 82.1 g/mol. The van der Waals surface area contributed by atoms with Gasteiger partial charge in [-0.05, 0) is 6.92 Å². The first-order valence-electron chi connectivity index (χ1n) is 1.68. The normalized spacial score (nSPS) is 8.83. The van der Waals surface area contributed by atoms with Gasteiger partial charge in [0, 0.05) is 5.56 Å². The molecule has 0 aromatic carbocycles. The van der Waals surface area contributed by atoms with Crippen molar-refractivity contribution in [3.8, 4) is 0 Å². The SMILES string of the molecule is Cc1[c]onc1. The van der Waals surface area contributed by atoms with Crippen LogP contribution in [-0.2, 0) is 0 Å². The van der Waals surface area contributed by atoms with E-state index in [0.717, 1.165) is 5.56 Å². The highest BCUT2D eigenvalue weighted by atomic mass is 16.5. The van der Waals surface area contributed by atoms with Crippen LogP contribution in [0.1, 0.15) is 5.56 Å². The van der Waals surface area contributed by atoms with Crippen molar-refractivity contribution < 1.29 is 4.52 Å². The molecular weight excluding hydrogens is 78.0 g/mol. The van der Waals surface area contributed by atoms with Crippen molar-refractivity contribution >= 4 is 0 Å². The molecule has 1 radical (unpaired) electrons. The summed E-state index contributed by atoms with van der Waals surface area (Å²) in [4.78, 5) is 0. The molecule has 0 saturated heterocycles. The zero-order valence-corrected chi connectivity index (χ0v) is 3.43. The second-order valence-electron chi connectivity index (χ2n) is 1.11. The highest BCUT2D eigenvalue weighted by Gasteiger charge is 1.79. The van der Waals surface area contributed by atoms with Crippen molar-refractivity contribution in [2.24, 2.45) is 0 Å². The third kappa shape index (κ3) is 0.407. The summed E-state index contributed by atoms with van der Waals surface area (Å²) < 4.78 is 4.34. The van der Waals surface area contributed by atoms with Crippen LogP contribution in [0.3, 0.4) is 0 Å². The van der Waals surface area contributed by atoms with Crippen molar-refractivity contribution in [2.45, 2.75) is 6.92 Å². The first-order chi connectivity index (χ1) is 2.89. The third-order valence-corrected chi connectivity index (χ3v) is 0.506. The molecule has 0 N–H and O–H groups in total. The lowest BCUT2D eigenvalue weighted by Gasteiger charge is -1.58. The molecule has 0 fully saturated rings. The second kappa shape index (κ2) is 1.12. The average Bonchev–Trinajstić information content (AvgIpc) is 1.86. The van der Waals surface area contributed by atoms with Gasteiger partial charge in [-0.3, -0.25) is 0 Å². The summed E-state index contributed by atoms with van der Waals surface area (Å²) in [6.07, 6.45) is 4.12. The molecule has 2 heteroatoms. The van der Waals surface area contributed by atoms with Gasteiger partial charge < -0.3 is 4.52 Å². The lowest BCUT2D eigenvalue weighted by Crippen LogP contribution is -1.51. The topological polar surface area (TPSA) is 26.0 Å². The van der Waals surface area contributed by atoms with Crippen molar-refractivity contribution in [3.05, 3.63) is 18.0 Å². The maximum Gasteiger partial charge on any atom is 0.208 e. The first-order valence-corrected chi connectivity index (χ1v) is 1.68. The summed E-state index contributed by atoms with van der Waals surface area (Å²) in [7, 11) is 0. The number of nitrogens with zero attached hydrogens (tertiary/aromatic N) is 1. The van der Waals surface area contributed by atoms with Crippen molar-refractivity contribution in [1.82, 2.24) is 5.16 Å². The van der Waals surface area contributed by atoms with Gasteiger partial charge >= 0.3 is 0 Å². The van der Waals surface area contributed by atoms with Gasteiger partial charge in [0.2, 0.25) is 6.26 Å². The zero-order chi connectivity index (χ0) is 4.41. The van der Waals surface area contributed by atoms with E-state index in [1.54, 1.807) is 6.20 Å². The summed E-state index contributed by atoms with van der Waals surface area (Å²) in [5.41, 5.74) is 0.940. The summed E-state index contributed by atoms with van der Waals surface area (Å²) in [5, 5.41) is 3.39. The van der Waals surface area contributed by atoms with Crippen LogP contribution in [0.25, 0.3) is 0 Å². The van der Waals surface area contributed by atoms with Crippen molar-refractivity contribution in [1.29, 1.82) is 0 Å². The molecule has 6 heavy (non-hydrogen) atoms. The molecule has 0 spiro atoms. The van der Waals surface area contributed by atoms with Gasteiger partial charge in [0.25, 0.3) is 0 Å². The van der Waals surface area contributed by atoms with Gasteiger partial charge in [-0.25, -0.2) is 0 Å². The molecule has 0 amide bonds. The minimum atomic E-state index is 0.940. The third-order valence-electron chi connectivity index (χ3n) is 0.506. The number of aromatic nitrogens is 1. The Hall–Kier alpha value is -0.790. The Kier molecular flexibility index (Phi) is 0.638. The monoisotopic (exact) mass is 82.0 g/mol. The second-order valence-corrected chi connectivity index (χ2v) is 1.11. The smallest absolute Gasteiger partial charge is 0.208 e. The fourth-order valence-corrected chi connectivity index (χ4v) is 0.230. The summed E-state index contributed by atoms with van der Waals surface area (Å²) >= 11 is 0. The molecule has 0 aliphatic carbocycles. The maximum absolute atomic E-state index is 4.34. The lowest BCUT2D eigenvalue weighted by atomic mass is 10.4. The fraction of sp³-hybridized carbons (Fsp3) is 0.250. The van der Waals surface area contributed by atoms with E-state index in [0.29, 0.717) is 0 Å². The van der Waals surface area contributed by atoms with Crippen LogP contribution in [0.4, 0.5) is 0 Å². The first kappa shape index (κ1) is 3.40. The van der Waals surface area contributed by atoms with E-state index in [4.69, 9.17) is 0 Å². The van der Waals surface area contributed by atoms with Crippen LogP contribution in [0.5, 0.6) is 0 Å². The van der Waals surface area contributed by atoms with Crippen LogP contribution >= 0.6 is 0 Å². The molecule has 2 nitrogen and oxygen atoms in total. The highest BCUT2D eigenvalue weighted by Crippen LogP contribution is 1.87. The van der Waals surface area contributed by atoms with Gasteiger partial charge in [0.15, 0.2) is 0 Å². The van der Waals surface area contributed by atoms with Gasteiger partial charge in [0.05, 0.1) is 6.20 Å². The molecule has 0 saturated carbocycles. The quantitative estimate of drug-likeness (QED) is 0.462. The van der Waals surface area contributed by atoms with E-state index in [2.05, 4.69) is 15.9 Å². The summed E-state index contributed by atoms with van der Waals surface area (Å²) in [5.74, 6) is 0. The Morgan fingerprint density at radius 3 is 3.00 bits per heavy atom. The van der Waals surface area contributed by atoms with E-state index in [1.165, 1.54) is 0 Å². The minimum Gasteiger partial charge on any atom is -0.353 e. The van der Waals surface area contributed by atoms with E-state index < -0.39 is 0 Å². The van der Waals surface area contributed by atoms with E-state index >= 15 is 0 Å². The van der Waals surface area contributed by atoms with Crippen LogP contribution in [-0.4, -0.2) is 5.16 Å². The van der Waals surface area contributed by atoms with Crippen molar-refractivity contribution in [2.75, 3.05) is 0 Å². The minimum absolute atomic E-state index is 0.940. The molecular formula is C4H4NO. The number of aryl methyl sites for hydroxylation is 1. The number of rotatable bonds is 0. The molecule has 1 heterocycles. The van der Waals surface area contributed by atoms with Crippen LogP contribution in [0.15, 0.2) is 10.7 Å². The van der Waals surface area contributed by atoms with Gasteiger partial charge in [-0.1, -0.05) is 5.16 Å². The van der Waals surface area contributed by atoms with Crippen LogP contribution in [0.2, 0.25) is 0 Å². The van der Waals surface area contributed by atoms with Crippen molar-refractivity contribution in [3.63, 3.8) is 0 Å². The zero-order valence-electron chi connectivity index (χ0n) is 3.43. The highest BCUT2D eigenvalue weighted by molar-refractivity contribution is 4.92. The standard InChI is InChI=1S/C4H4NO/c1-4-2-5-6-3-4/h2H,1H3. The van der Waals surface area contributed by atoms with Gasteiger partial charge in [-0.15, -0.1) is 0 Å². The Morgan fingerprint density at radius 1 is 2.00 bits per heavy atom. The number of hydrogen-bond acceptors (Lipinski definition) is 2. The molecule has 0 atom stereocenters. The number of hydrogen-bond donors (Lipinski definition) is 0. The van der Waals surface area contributed by atoms with Gasteiger partial charge in [0.1, 0.15) is 0 Å². The predicted molar refractivity (Wildman–Crippen MR) is 20.1 cm³/mol. The lowest BCUT2D eigenvalue weighted by molar-refractivity contribution is 0.412. The van der Waals surface area contributed by atoms with Crippen LogP contribution < -0.4 is 0 Å². The molecule has 0 unspecified atom stereocenters. The van der Waals surface area contributed by atoms with Gasteiger partial charge in [-0.2, -0.15) is 0 Å². The summed E-state index contributed by atoms with van der Waals surface area (Å²) in [6.45, 7) is 1.87. The Balaban J connectivity index is 3.05. The molecule has 0 aliphatic heterocycles. The molecule has 0 aliphatic rings. The molecule has 1 rings (SSSR count). The molecule has 0 bridgehead atoms. The largest absolute Gasteiger partial charge is 0.353 e. The van der Waals surface area contributed by atoms with E-state index in [9.17, 15) is 0 Å². The molecule has 31 valence electrons.